The van der Waals surface area contributed by atoms with E-state index in [9.17, 15) is 9.59 Å². The van der Waals surface area contributed by atoms with Crippen LogP contribution in [-0.2, 0) is 22.6 Å². The molecule has 2 rings (SSSR count). The van der Waals surface area contributed by atoms with Crippen LogP contribution in [-0.4, -0.2) is 45.1 Å². The highest BCUT2D eigenvalue weighted by Gasteiger charge is 2.14. The summed E-state index contributed by atoms with van der Waals surface area (Å²) in [6, 6.07) is 7.65. The minimum absolute atomic E-state index is 0.0221. The molecule has 0 aliphatic carbocycles. The Bertz CT molecular complexity index is 654. The molecule has 1 aromatic heterocycles. The third-order valence-electron chi connectivity index (χ3n) is 3.50. The molecule has 0 bridgehead atoms. The molecule has 2 amide bonds. The first-order valence-corrected chi connectivity index (χ1v) is 7.54. The van der Waals surface area contributed by atoms with Crippen molar-refractivity contribution < 1.29 is 9.59 Å². The molecule has 1 heterocycles. The van der Waals surface area contributed by atoms with Gasteiger partial charge in [0.05, 0.1) is 13.1 Å². The van der Waals surface area contributed by atoms with Crippen LogP contribution in [0.3, 0.4) is 0 Å². The molecule has 0 spiro atoms. The Balaban J connectivity index is 1.82. The number of amides is 2. The van der Waals surface area contributed by atoms with Crippen molar-refractivity contribution in [3.8, 4) is 0 Å². The number of carbonyl (C=O) groups excluding carboxylic acids is 2. The summed E-state index contributed by atoms with van der Waals surface area (Å²) in [5.74, 6) is -0.318. The van der Waals surface area contributed by atoms with E-state index in [1.165, 1.54) is 11.2 Å². The van der Waals surface area contributed by atoms with Gasteiger partial charge in [-0.2, -0.15) is 5.10 Å². The molecular weight excluding hydrogens is 294 g/mol. The predicted octanol–water partition coefficient (Wildman–Crippen LogP) is 1.33. The molecule has 0 fully saturated rings. The third kappa shape index (κ3) is 4.91. The van der Waals surface area contributed by atoms with Crippen molar-refractivity contribution in [3.05, 3.63) is 42.5 Å². The van der Waals surface area contributed by atoms with Crippen LogP contribution in [0, 0.1) is 0 Å². The first-order chi connectivity index (χ1) is 11.1. The molecule has 0 aliphatic heterocycles. The highest BCUT2D eigenvalue weighted by molar-refractivity contribution is 5.95. The van der Waals surface area contributed by atoms with Gasteiger partial charge in [-0.25, -0.2) is 4.98 Å². The van der Waals surface area contributed by atoms with Gasteiger partial charge in [0.15, 0.2) is 0 Å². The van der Waals surface area contributed by atoms with E-state index >= 15 is 0 Å². The summed E-state index contributed by atoms with van der Waals surface area (Å²) in [5, 5.41) is 6.80. The molecule has 2 aromatic rings. The second-order valence-corrected chi connectivity index (χ2v) is 5.22. The average molecular weight is 315 g/mol. The molecule has 0 atom stereocenters. The van der Waals surface area contributed by atoms with Gasteiger partial charge in [-0.15, -0.1) is 0 Å². The molecule has 122 valence electrons. The molecule has 0 unspecified atom stereocenters. The molecule has 1 aromatic carbocycles. The summed E-state index contributed by atoms with van der Waals surface area (Å²) in [6.07, 6.45) is 4.09. The zero-order chi connectivity index (χ0) is 16.7. The number of aromatic nitrogens is 3. The van der Waals surface area contributed by atoms with Crippen molar-refractivity contribution in [2.45, 2.75) is 26.3 Å². The maximum absolute atomic E-state index is 12.1. The fourth-order valence-electron chi connectivity index (χ4n) is 2.19. The maximum atomic E-state index is 12.1. The molecule has 23 heavy (non-hydrogen) atoms. The van der Waals surface area contributed by atoms with Crippen molar-refractivity contribution in [1.82, 2.24) is 19.7 Å². The molecule has 7 heteroatoms. The van der Waals surface area contributed by atoms with Gasteiger partial charge >= 0.3 is 0 Å². The lowest BCUT2D eigenvalue weighted by atomic mass is 10.1. The average Bonchev–Trinajstić information content (AvgIpc) is 3.06. The van der Waals surface area contributed by atoms with Crippen molar-refractivity contribution in [3.63, 3.8) is 0 Å². The summed E-state index contributed by atoms with van der Waals surface area (Å²) in [5.41, 5.74) is 1.87. The Hall–Kier alpha value is -2.70. The van der Waals surface area contributed by atoms with Gasteiger partial charge in [-0.3, -0.25) is 14.3 Å². The zero-order valence-electron chi connectivity index (χ0n) is 13.4. The topological polar surface area (TPSA) is 80.1 Å². The number of rotatable bonds is 7. The fourth-order valence-corrected chi connectivity index (χ4v) is 2.19. The summed E-state index contributed by atoms with van der Waals surface area (Å²) in [7, 11) is 1.62. The molecule has 1 N–H and O–H groups in total. The van der Waals surface area contributed by atoms with Gasteiger partial charge in [0.1, 0.15) is 12.7 Å². The predicted molar refractivity (Wildman–Crippen MR) is 86.7 cm³/mol. The second-order valence-electron chi connectivity index (χ2n) is 5.22. The lowest BCUT2D eigenvalue weighted by Crippen LogP contribution is -2.35. The quantitative estimate of drug-likeness (QED) is 0.836. The van der Waals surface area contributed by atoms with E-state index in [0.29, 0.717) is 6.54 Å². The van der Waals surface area contributed by atoms with Gasteiger partial charge in [0.25, 0.3) is 0 Å². The van der Waals surface area contributed by atoms with Crippen LogP contribution in [0.4, 0.5) is 5.69 Å². The number of hydrogen-bond donors (Lipinski definition) is 1. The Morgan fingerprint density at radius 1 is 1.30 bits per heavy atom. The van der Waals surface area contributed by atoms with Crippen LogP contribution in [0.1, 0.15) is 18.9 Å². The number of nitrogens with zero attached hydrogens (tertiary/aromatic N) is 4. The van der Waals surface area contributed by atoms with Gasteiger partial charge in [-0.05, 0) is 18.1 Å². The zero-order valence-corrected chi connectivity index (χ0v) is 13.4. The minimum atomic E-state index is -0.206. The molecule has 0 saturated carbocycles. The molecule has 0 aliphatic rings. The van der Waals surface area contributed by atoms with E-state index in [1.807, 2.05) is 31.2 Å². The number of hydrogen-bond acceptors (Lipinski definition) is 4. The van der Waals surface area contributed by atoms with Gasteiger partial charge in [-0.1, -0.05) is 25.1 Å². The summed E-state index contributed by atoms with van der Waals surface area (Å²) in [4.78, 5) is 29.4. The van der Waals surface area contributed by atoms with Crippen LogP contribution in [0.25, 0.3) is 0 Å². The van der Waals surface area contributed by atoms with Crippen molar-refractivity contribution in [1.29, 1.82) is 0 Å². The Labute approximate surface area is 135 Å². The first kappa shape index (κ1) is 16.7. The SMILES string of the molecule is CCc1ccccc1NC(=O)CN(C)C(=O)CCn1cncn1. The van der Waals surface area contributed by atoms with E-state index < -0.39 is 0 Å². The van der Waals surface area contributed by atoms with Crippen LogP contribution in [0.2, 0.25) is 0 Å². The Morgan fingerprint density at radius 3 is 2.78 bits per heavy atom. The van der Waals surface area contributed by atoms with Gasteiger partial charge in [0, 0.05) is 19.2 Å². The van der Waals surface area contributed by atoms with Crippen LogP contribution < -0.4 is 5.32 Å². The van der Waals surface area contributed by atoms with Crippen molar-refractivity contribution in [2.75, 3.05) is 18.9 Å². The van der Waals surface area contributed by atoms with E-state index in [-0.39, 0.29) is 24.8 Å². The third-order valence-corrected chi connectivity index (χ3v) is 3.50. The van der Waals surface area contributed by atoms with Crippen molar-refractivity contribution >= 4 is 17.5 Å². The highest BCUT2D eigenvalue weighted by Crippen LogP contribution is 2.15. The normalized spacial score (nSPS) is 10.3. The fraction of sp³-hybridized carbons (Fsp3) is 0.375. The summed E-state index contributed by atoms with van der Waals surface area (Å²) in [6.45, 7) is 2.50. The second kappa shape index (κ2) is 8.07. The molecular formula is C16H21N5O2. The smallest absolute Gasteiger partial charge is 0.243 e. The number of nitrogens with one attached hydrogen (secondary N) is 1. The Morgan fingerprint density at radius 2 is 2.09 bits per heavy atom. The van der Waals surface area contributed by atoms with E-state index in [0.717, 1.165) is 17.7 Å². The lowest BCUT2D eigenvalue weighted by Gasteiger charge is -2.17. The van der Waals surface area contributed by atoms with Crippen LogP contribution >= 0.6 is 0 Å². The largest absolute Gasteiger partial charge is 0.336 e. The number of carbonyl (C=O) groups is 2. The number of likely N-dealkylation sites (N-methyl/N-ethyl adjacent to an activating group) is 1. The summed E-state index contributed by atoms with van der Waals surface area (Å²) >= 11 is 0. The van der Waals surface area contributed by atoms with E-state index in [1.54, 1.807) is 18.1 Å². The van der Waals surface area contributed by atoms with Crippen molar-refractivity contribution in [2.24, 2.45) is 0 Å². The first-order valence-electron chi connectivity index (χ1n) is 7.54. The van der Waals surface area contributed by atoms with Gasteiger partial charge in [0.2, 0.25) is 11.8 Å². The molecule has 7 nitrogen and oxygen atoms in total. The van der Waals surface area contributed by atoms with Crippen LogP contribution in [0.5, 0.6) is 0 Å². The summed E-state index contributed by atoms with van der Waals surface area (Å²) < 4.78 is 1.59. The molecule has 0 radical (unpaired) electrons. The number of para-hydroxylation sites is 1. The number of anilines is 1. The number of benzene rings is 1. The minimum Gasteiger partial charge on any atom is -0.336 e. The maximum Gasteiger partial charge on any atom is 0.243 e. The molecule has 0 saturated heterocycles. The van der Waals surface area contributed by atoms with E-state index in [2.05, 4.69) is 15.4 Å². The monoisotopic (exact) mass is 315 g/mol. The highest BCUT2D eigenvalue weighted by atomic mass is 16.2. The lowest BCUT2D eigenvalue weighted by molar-refractivity contribution is -0.133. The Kier molecular flexibility index (Phi) is 5.85. The van der Waals surface area contributed by atoms with Crippen LogP contribution in [0.15, 0.2) is 36.9 Å². The standard InChI is InChI=1S/C16H21N5O2/c1-3-13-6-4-5-7-14(13)19-15(22)10-20(2)16(23)8-9-21-12-17-11-18-21/h4-7,11-12H,3,8-10H2,1-2H3,(H,19,22). The van der Waals surface area contributed by atoms with Gasteiger partial charge < -0.3 is 10.2 Å². The number of aryl methyl sites for hydroxylation is 2. The van der Waals surface area contributed by atoms with E-state index in [4.69, 9.17) is 0 Å².